The first kappa shape index (κ1) is 17.0. The lowest BCUT2D eigenvalue weighted by Crippen LogP contribution is -2.41. The molecule has 6 heteroatoms. The Balaban J connectivity index is 2.23. The van der Waals surface area contributed by atoms with Crippen molar-refractivity contribution in [2.45, 2.75) is 52.2 Å². The van der Waals surface area contributed by atoms with Gasteiger partial charge in [-0.15, -0.1) is 0 Å². The van der Waals surface area contributed by atoms with E-state index in [1.54, 1.807) is 19.1 Å². The first-order valence-corrected chi connectivity index (χ1v) is 7.46. The maximum atomic E-state index is 14.1. The number of carbonyl (C=O) groups is 1. The molecule has 1 aromatic carbocycles. The van der Waals surface area contributed by atoms with Crippen molar-refractivity contribution in [3.63, 3.8) is 0 Å². The number of hydrogen-bond donors (Lipinski definition) is 0. The summed E-state index contributed by atoms with van der Waals surface area (Å²) in [4.78, 5) is 11.6. The maximum absolute atomic E-state index is 14.1. The van der Waals surface area contributed by atoms with Gasteiger partial charge in [-0.05, 0) is 46.2 Å². The molecular formula is C16H22BFO4. The number of esters is 1. The number of rotatable bonds is 4. The van der Waals surface area contributed by atoms with E-state index in [0.717, 1.165) is 0 Å². The van der Waals surface area contributed by atoms with Crippen molar-refractivity contribution in [1.82, 2.24) is 0 Å². The van der Waals surface area contributed by atoms with Gasteiger partial charge in [-0.2, -0.15) is 0 Å². The Kier molecular flexibility index (Phi) is 4.63. The molecule has 0 spiro atoms. The molecule has 22 heavy (non-hydrogen) atoms. The van der Waals surface area contributed by atoms with Crippen LogP contribution >= 0.6 is 0 Å². The van der Waals surface area contributed by atoms with E-state index in [2.05, 4.69) is 0 Å². The van der Waals surface area contributed by atoms with Gasteiger partial charge < -0.3 is 14.0 Å². The summed E-state index contributed by atoms with van der Waals surface area (Å²) in [5, 5.41) is 0. The summed E-state index contributed by atoms with van der Waals surface area (Å²) in [7, 11) is -0.785. The largest absolute Gasteiger partial charge is 0.497 e. The Bertz CT molecular complexity index is 555. The van der Waals surface area contributed by atoms with E-state index in [9.17, 15) is 9.18 Å². The first-order valence-electron chi connectivity index (χ1n) is 7.46. The highest BCUT2D eigenvalue weighted by atomic mass is 19.1. The minimum Gasteiger partial charge on any atom is -0.466 e. The molecule has 4 nitrogen and oxygen atoms in total. The van der Waals surface area contributed by atoms with Gasteiger partial charge in [0, 0.05) is 5.46 Å². The lowest BCUT2D eigenvalue weighted by molar-refractivity contribution is -0.142. The molecule has 0 aliphatic carbocycles. The van der Waals surface area contributed by atoms with E-state index < -0.39 is 24.1 Å². The van der Waals surface area contributed by atoms with Gasteiger partial charge in [0.15, 0.2) is 0 Å². The molecule has 0 unspecified atom stereocenters. The lowest BCUT2D eigenvalue weighted by Gasteiger charge is -2.32. The molecule has 1 aliphatic heterocycles. The number of benzene rings is 1. The molecular weight excluding hydrogens is 286 g/mol. The number of ether oxygens (including phenoxy) is 1. The van der Waals surface area contributed by atoms with E-state index >= 15 is 0 Å². The van der Waals surface area contributed by atoms with Crippen LogP contribution in [0.25, 0.3) is 0 Å². The maximum Gasteiger partial charge on any atom is 0.497 e. The van der Waals surface area contributed by atoms with Gasteiger partial charge in [0.25, 0.3) is 0 Å². The molecule has 1 fully saturated rings. The second-order valence-corrected chi connectivity index (χ2v) is 6.43. The van der Waals surface area contributed by atoms with Gasteiger partial charge in [0.2, 0.25) is 0 Å². The van der Waals surface area contributed by atoms with E-state index in [4.69, 9.17) is 14.0 Å². The topological polar surface area (TPSA) is 44.8 Å². The normalized spacial score (nSPS) is 19.3. The zero-order valence-corrected chi connectivity index (χ0v) is 13.7. The van der Waals surface area contributed by atoms with Crippen LogP contribution in [0.1, 0.15) is 40.2 Å². The molecule has 0 atom stereocenters. The summed E-state index contributed by atoms with van der Waals surface area (Å²) in [6, 6.07) is 4.50. The van der Waals surface area contributed by atoms with Crippen molar-refractivity contribution in [1.29, 1.82) is 0 Å². The van der Waals surface area contributed by atoms with Gasteiger partial charge in [-0.1, -0.05) is 12.1 Å². The summed E-state index contributed by atoms with van der Waals surface area (Å²) in [6.45, 7) is 9.71. The van der Waals surface area contributed by atoms with Crippen LogP contribution in [-0.4, -0.2) is 30.9 Å². The molecule has 0 bridgehead atoms. The van der Waals surface area contributed by atoms with Crippen LogP contribution < -0.4 is 5.46 Å². The van der Waals surface area contributed by atoms with Crippen LogP contribution in [0.2, 0.25) is 0 Å². The van der Waals surface area contributed by atoms with Crippen LogP contribution in [-0.2, 0) is 25.3 Å². The number of carbonyl (C=O) groups excluding carboxylic acids is 1. The van der Waals surface area contributed by atoms with Crippen molar-refractivity contribution in [2.24, 2.45) is 0 Å². The zero-order valence-electron chi connectivity index (χ0n) is 13.7. The highest BCUT2D eigenvalue weighted by molar-refractivity contribution is 6.62. The third-order valence-electron chi connectivity index (χ3n) is 4.22. The average Bonchev–Trinajstić information content (AvgIpc) is 2.61. The summed E-state index contributed by atoms with van der Waals surface area (Å²) in [5.74, 6) is -0.750. The Labute approximate surface area is 131 Å². The standard InChI is InChI=1S/C16H22BFO4/c1-6-20-14(19)10-11-7-8-13(18)12(9-11)17-21-15(2,3)16(4,5)22-17/h7-9H,6,10H2,1-5H3. The van der Waals surface area contributed by atoms with Crippen molar-refractivity contribution in [3.8, 4) is 0 Å². The zero-order chi connectivity index (χ0) is 16.5. The monoisotopic (exact) mass is 308 g/mol. The predicted octanol–water partition coefficient (Wildman–Crippen LogP) is 2.23. The first-order chi connectivity index (χ1) is 10.2. The smallest absolute Gasteiger partial charge is 0.466 e. The van der Waals surface area contributed by atoms with Crippen molar-refractivity contribution in [2.75, 3.05) is 6.61 Å². The minimum atomic E-state index is -0.785. The Morgan fingerprint density at radius 2 is 1.82 bits per heavy atom. The van der Waals surface area contributed by atoms with E-state index in [0.29, 0.717) is 17.6 Å². The van der Waals surface area contributed by atoms with E-state index in [1.165, 1.54) is 6.07 Å². The van der Waals surface area contributed by atoms with Crippen molar-refractivity contribution >= 4 is 18.6 Å². The molecule has 0 N–H and O–H groups in total. The van der Waals surface area contributed by atoms with Crippen LogP contribution in [0.3, 0.4) is 0 Å². The second kappa shape index (κ2) is 6.01. The number of halogens is 1. The average molecular weight is 308 g/mol. The van der Waals surface area contributed by atoms with Crippen LogP contribution in [0.4, 0.5) is 4.39 Å². The highest BCUT2D eigenvalue weighted by Crippen LogP contribution is 2.36. The Morgan fingerprint density at radius 3 is 2.36 bits per heavy atom. The summed E-state index contributed by atoms with van der Waals surface area (Å²) >= 11 is 0. The SMILES string of the molecule is CCOC(=O)Cc1ccc(F)c(B2OC(C)(C)C(C)(C)O2)c1. The third kappa shape index (κ3) is 3.33. The molecule has 120 valence electrons. The molecule has 0 aromatic heterocycles. The van der Waals surface area contributed by atoms with E-state index in [1.807, 2.05) is 27.7 Å². The fourth-order valence-corrected chi connectivity index (χ4v) is 2.23. The highest BCUT2D eigenvalue weighted by Gasteiger charge is 2.52. The molecule has 0 radical (unpaired) electrons. The van der Waals surface area contributed by atoms with Gasteiger partial charge in [0.05, 0.1) is 24.2 Å². The molecule has 1 aromatic rings. The third-order valence-corrected chi connectivity index (χ3v) is 4.22. The van der Waals surface area contributed by atoms with Crippen molar-refractivity contribution < 1.29 is 23.2 Å². The molecule has 1 aliphatic rings. The molecule has 0 amide bonds. The molecule has 1 heterocycles. The fraction of sp³-hybridized carbons (Fsp3) is 0.562. The van der Waals surface area contributed by atoms with Gasteiger partial charge in [0.1, 0.15) is 5.82 Å². The molecule has 2 rings (SSSR count). The van der Waals surface area contributed by atoms with E-state index in [-0.39, 0.29) is 12.4 Å². The number of hydrogen-bond acceptors (Lipinski definition) is 4. The Hall–Kier alpha value is -1.40. The summed E-state index contributed by atoms with van der Waals surface area (Å²) < 4.78 is 30.8. The van der Waals surface area contributed by atoms with Crippen LogP contribution in [0.5, 0.6) is 0 Å². The Morgan fingerprint density at radius 1 is 1.23 bits per heavy atom. The van der Waals surface area contributed by atoms with Crippen LogP contribution in [0.15, 0.2) is 18.2 Å². The van der Waals surface area contributed by atoms with Crippen molar-refractivity contribution in [3.05, 3.63) is 29.6 Å². The second-order valence-electron chi connectivity index (χ2n) is 6.43. The van der Waals surface area contributed by atoms with Gasteiger partial charge in [-0.25, -0.2) is 4.39 Å². The molecule has 1 saturated heterocycles. The lowest BCUT2D eigenvalue weighted by atomic mass is 9.77. The minimum absolute atomic E-state index is 0.0978. The fourth-order valence-electron chi connectivity index (χ4n) is 2.23. The van der Waals surface area contributed by atoms with Crippen LogP contribution in [0, 0.1) is 5.82 Å². The molecule has 0 saturated carbocycles. The predicted molar refractivity (Wildman–Crippen MR) is 82.5 cm³/mol. The quantitative estimate of drug-likeness (QED) is 0.632. The van der Waals surface area contributed by atoms with Gasteiger partial charge in [-0.3, -0.25) is 4.79 Å². The van der Waals surface area contributed by atoms with Gasteiger partial charge >= 0.3 is 13.1 Å². The summed E-state index contributed by atoms with van der Waals surface area (Å²) in [6.07, 6.45) is 0.0978. The summed E-state index contributed by atoms with van der Waals surface area (Å²) in [5.41, 5.74) is -0.104.